The zero-order valence-corrected chi connectivity index (χ0v) is 23.4. The van der Waals surface area contributed by atoms with E-state index in [4.69, 9.17) is 0 Å². The van der Waals surface area contributed by atoms with E-state index < -0.39 is 0 Å². The van der Waals surface area contributed by atoms with E-state index in [0.29, 0.717) is 24.1 Å². The molecule has 43 heavy (non-hydrogen) atoms. The van der Waals surface area contributed by atoms with Gasteiger partial charge in [-0.1, -0.05) is 36.4 Å². The maximum Gasteiger partial charge on any atom is 0.225 e. The number of hydrogen-bond donors (Lipinski definition) is 5. The largest absolute Gasteiger partial charge is 0.350 e. The van der Waals surface area contributed by atoms with E-state index in [-0.39, 0.29) is 5.82 Å². The molecular weight excluding hydrogens is 545 g/mol. The molecule has 214 valence electrons. The maximum atomic E-state index is 13.0. The summed E-state index contributed by atoms with van der Waals surface area (Å²) in [6, 6.07) is 25.8. The number of halogens is 1. The summed E-state index contributed by atoms with van der Waals surface area (Å²) in [4.78, 5) is 17.6. The number of aromatic nitrogens is 8. The fourth-order valence-corrected chi connectivity index (χ4v) is 4.35. The summed E-state index contributed by atoms with van der Waals surface area (Å²) in [7, 11) is 0. The molecule has 0 atom stereocenters. The number of para-hydroxylation sites is 2. The Morgan fingerprint density at radius 3 is 1.93 bits per heavy atom. The van der Waals surface area contributed by atoms with E-state index in [1.807, 2.05) is 74.5 Å². The van der Waals surface area contributed by atoms with Crippen LogP contribution in [-0.4, -0.2) is 40.3 Å². The maximum absolute atomic E-state index is 13.0. The molecule has 0 aliphatic heterocycles. The highest BCUT2D eigenvalue weighted by atomic mass is 19.1. The van der Waals surface area contributed by atoms with Gasteiger partial charge in [-0.15, -0.1) is 0 Å². The van der Waals surface area contributed by atoms with E-state index >= 15 is 0 Å². The van der Waals surface area contributed by atoms with Gasteiger partial charge in [-0.2, -0.15) is 15.2 Å². The van der Waals surface area contributed by atoms with E-state index in [1.54, 1.807) is 18.5 Å². The van der Waals surface area contributed by atoms with Crippen LogP contribution in [0.25, 0.3) is 21.8 Å². The number of benzene rings is 3. The Morgan fingerprint density at radius 1 is 0.674 bits per heavy atom. The molecule has 0 aliphatic carbocycles. The van der Waals surface area contributed by atoms with Crippen LogP contribution in [0.15, 0.2) is 91.3 Å². The molecule has 3 aromatic carbocycles. The summed E-state index contributed by atoms with van der Waals surface area (Å²) in [5.74, 6) is 3.12. The first kappa shape index (κ1) is 27.3. The second-order valence-electron chi connectivity index (χ2n) is 9.75. The van der Waals surface area contributed by atoms with Gasteiger partial charge in [0.1, 0.15) is 23.8 Å². The molecule has 0 fully saturated rings. The number of aromatic amines is 2. The first-order valence-electron chi connectivity index (χ1n) is 13.5. The van der Waals surface area contributed by atoms with E-state index in [0.717, 1.165) is 50.4 Å². The van der Waals surface area contributed by atoms with Gasteiger partial charge in [0, 0.05) is 40.8 Å². The first-order valence-corrected chi connectivity index (χ1v) is 13.5. The predicted octanol–water partition coefficient (Wildman–Crippen LogP) is 6.56. The molecule has 4 heterocycles. The van der Waals surface area contributed by atoms with Crippen LogP contribution >= 0.6 is 0 Å². The zero-order valence-electron chi connectivity index (χ0n) is 23.4. The molecule has 0 radical (unpaired) electrons. The topological polar surface area (TPSA) is 145 Å². The minimum Gasteiger partial charge on any atom is -0.350 e. The van der Waals surface area contributed by atoms with Crippen molar-refractivity contribution in [3.8, 4) is 0 Å². The fourth-order valence-electron chi connectivity index (χ4n) is 4.35. The van der Waals surface area contributed by atoms with Gasteiger partial charge in [0.2, 0.25) is 5.95 Å². The summed E-state index contributed by atoms with van der Waals surface area (Å²) in [5, 5.41) is 25.6. The van der Waals surface area contributed by atoms with Crippen LogP contribution in [0.2, 0.25) is 0 Å². The van der Waals surface area contributed by atoms with E-state index in [2.05, 4.69) is 56.3 Å². The highest BCUT2D eigenvalue weighted by molar-refractivity contribution is 5.91. The van der Waals surface area contributed by atoms with Crippen LogP contribution < -0.4 is 16.0 Å². The van der Waals surface area contributed by atoms with Crippen molar-refractivity contribution < 1.29 is 4.39 Å². The molecule has 0 unspecified atom stereocenters. The van der Waals surface area contributed by atoms with Gasteiger partial charge in [0.05, 0.1) is 11.0 Å². The molecule has 0 saturated carbocycles. The molecule has 12 heteroatoms. The molecule has 11 nitrogen and oxygen atoms in total. The summed E-state index contributed by atoms with van der Waals surface area (Å²) in [6.07, 6.45) is 1.55. The Labute approximate surface area is 246 Å². The Balaban J connectivity index is 0.000000167. The average molecular weight is 574 g/mol. The fraction of sp³-hybridized carbons (Fsp3) is 0.0968. The molecule has 4 aromatic heterocycles. The Hall–Kier alpha value is -5.91. The van der Waals surface area contributed by atoms with Crippen molar-refractivity contribution in [2.24, 2.45) is 0 Å². The van der Waals surface area contributed by atoms with Crippen LogP contribution in [0.1, 0.15) is 17.0 Å². The normalized spacial score (nSPS) is 10.8. The molecule has 5 N–H and O–H groups in total. The standard InChI is InChI=1S/C19H17FN6.C12H11N5/c1-12-10-17(26-25-12)23-18-15-4-2-3-5-16(15)22-19(24-18)21-11-13-6-8-14(20)9-7-13;1-8-6-11(17-16-8)15-12-9-4-2-3-5-10(9)13-7-14-12/h2-10H,11H2,1H3,(H3,21,22,23,24,25,26);2-7H,1H3,(H2,13,14,15,16,17). The zero-order chi connectivity index (χ0) is 29.6. The molecule has 0 saturated heterocycles. The van der Waals surface area contributed by atoms with Crippen molar-refractivity contribution in [2.45, 2.75) is 20.4 Å². The SMILES string of the molecule is Cc1cc(Nc2nc(NCc3ccc(F)cc3)nc3ccccc23)n[nH]1.Cc1cc(Nc2ncnc3ccccc23)n[nH]1. The lowest BCUT2D eigenvalue weighted by Gasteiger charge is -2.10. The number of anilines is 5. The highest BCUT2D eigenvalue weighted by Gasteiger charge is 2.10. The molecule has 0 spiro atoms. The Bertz CT molecular complexity index is 1980. The van der Waals surface area contributed by atoms with Crippen molar-refractivity contribution in [3.63, 3.8) is 0 Å². The third-order valence-electron chi connectivity index (χ3n) is 6.41. The third-order valence-corrected chi connectivity index (χ3v) is 6.41. The van der Waals surface area contributed by atoms with Gasteiger partial charge in [0.25, 0.3) is 0 Å². The highest BCUT2D eigenvalue weighted by Crippen LogP contribution is 2.25. The Morgan fingerprint density at radius 2 is 1.28 bits per heavy atom. The van der Waals surface area contributed by atoms with Crippen LogP contribution in [0, 0.1) is 19.7 Å². The number of rotatable bonds is 7. The average Bonchev–Trinajstić information content (AvgIpc) is 3.64. The monoisotopic (exact) mass is 573 g/mol. The van der Waals surface area contributed by atoms with Crippen molar-refractivity contribution in [1.82, 2.24) is 40.3 Å². The quantitative estimate of drug-likeness (QED) is 0.143. The molecular formula is C31H28FN11. The Kier molecular flexibility index (Phi) is 7.80. The summed E-state index contributed by atoms with van der Waals surface area (Å²) in [6.45, 7) is 4.39. The van der Waals surface area contributed by atoms with Crippen molar-refractivity contribution in [2.75, 3.05) is 16.0 Å². The molecule has 0 bridgehead atoms. The molecule has 0 aliphatic rings. The molecule has 7 rings (SSSR count). The van der Waals surface area contributed by atoms with E-state index in [1.165, 1.54) is 12.1 Å². The minimum atomic E-state index is -0.253. The second kappa shape index (κ2) is 12.3. The number of hydrogen-bond acceptors (Lipinski definition) is 9. The van der Waals surface area contributed by atoms with Gasteiger partial charge in [-0.05, 0) is 55.8 Å². The lowest BCUT2D eigenvalue weighted by Crippen LogP contribution is -2.06. The number of aryl methyl sites for hydroxylation is 2. The summed E-state index contributed by atoms with van der Waals surface area (Å²) in [5.41, 5.74) is 4.64. The number of nitrogens with one attached hydrogen (secondary N) is 5. The predicted molar refractivity (Wildman–Crippen MR) is 166 cm³/mol. The summed E-state index contributed by atoms with van der Waals surface area (Å²) < 4.78 is 13.0. The van der Waals surface area contributed by atoms with Crippen LogP contribution in [0.4, 0.5) is 33.6 Å². The van der Waals surface area contributed by atoms with Crippen LogP contribution in [0.3, 0.4) is 0 Å². The number of H-pyrrole nitrogens is 2. The second-order valence-corrected chi connectivity index (χ2v) is 9.75. The van der Waals surface area contributed by atoms with Crippen molar-refractivity contribution in [3.05, 3.63) is 114 Å². The van der Waals surface area contributed by atoms with Crippen LogP contribution in [-0.2, 0) is 6.54 Å². The molecule has 7 aromatic rings. The van der Waals surface area contributed by atoms with Gasteiger partial charge >= 0.3 is 0 Å². The van der Waals surface area contributed by atoms with Crippen molar-refractivity contribution in [1.29, 1.82) is 0 Å². The lowest BCUT2D eigenvalue weighted by atomic mass is 10.2. The van der Waals surface area contributed by atoms with Gasteiger partial charge < -0.3 is 16.0 Å². The molecule has 0 amide bonds. The van der Waals surface area contributed by atoms with Gasteiger partial charge in [-0.3, -0.25) is 10.2 Å². The lowest BCUT2D eigenvalue weighted by molar-refractivity contribution is 0.627. The number of nitrogens with zero attached hydrogens (tertiary/aromatic N) is 6. The van der Waals surface area contributed by atoms with Crippen molar-refractivity contribution >= 4 is 51.0 Å². The first-order chi connectivity index (χ1) is 21.0. The smallest absolute Gasteiger partial charge is 0.225 e. The van der Waals surface area contributed by atoms with Gasteiger partial charge in [0.15, 0.2) is 11.6 Å². The summed E-state index contributed by atoms with van der Waals surface area (Å²) >= 11 is 0. The van der Waals surface area contributed by atoms with Gasteiger partial charge in [-0.25, -0.2) is 19.3 Å². The number of fused-ring (bicyclic) bond motifs is 2. The minimum absolute atomic E-state index is 0.253. The van der Waals surface area contributed by atoms with Crippen LogP contribution in [0.5, 0.6) is 0 Å². The van der Waals surface area contributed by atoms with E-state index in [9.17, 15) is 4.39 Å². The third kappa shape index (κ3) is 6.70.